The monoisotopic (exact) mass is 276 g/mol. The number of ether oxygens (including phenoxy) is 1. The van der Waals surface area contributed by atoms with Gasteiger partial charge in [0.25, 0.3) is 0 Å². The predicted octanol–water partition coefficient (Wildman–Crippen LogP) is 2.01. The van der Waals surface area contributed by atoms with Crippen molar-refractivity contribution in [1.82, 2.24) is 10.1 Å². The lowest BCUT2D eigenvalue weighted by molar-refractivity contribution is 0.0685. The Labute approximate surface area is 116 Å². The Morgan fingerprint density at radius 2 is 2.05 bits per heavy atom. The molecule has 1 aromatic heterocycles. The summed E-state index contributed by atoms with van der Waals surface area (Å²) in [4.78, 5) is 12.7. The van der Waals surface area contributed by atoms with E-state index in [-0.39, 0.29) is 5.69 Å². The van der Waals surface area contributed by atoms with Crippen LogP contribution >= 0.6 is 0 Å². The Morgan fingerprint density at radius 3 is 2.60 bits per heavy atom. The van der Waals surface area contributed by atoms with E-state index in [1.165, 1.54) is 6.07 Å². The van der Waals surface area contributed by atoms with Crippen LogP contribution in [0.4, 0.5) is 0 Å². The zero-order chi connectivity index (χ0) is 14.5. The molecule has 1 aromatic carbocycles. The fourth-order valence-corrected chi connectivity index (χ4v) is 1.85. The summed E-state index contributed by atoms with van der Waals surface area (Å²) in [5, 5.41) is 12.2. The van der Waals surface area contributed by atoms with Crippen molar-refractivity contribution in [2.24, 2.45) is 0 Å². The largest absolute Gasteiger partial charge is 0.497 e. The van der Waals surface area contributed by atoms with E-state index in [4.69, 9.17) is 14.4 Å². The average Bonchev–Trinajstić information content (AvgIpc) is 2.88. The first-order chi connectivity index (χ1) is 9.58. The van der Waals surface area contributed by atoms with Crippen molar-refractivity contribution < 1.29 is 19.2 Å². The molecule has 6 heteroatoms. The number of carboxylic acids is 1. The lowest BCUT2D eigenvalue weighted by atomic mass is 10.2. The summed E-state index contributed by atoms with van der Waals surface area (Å²) >= 11 is 0. The number of aromatic carboxylic acids is 1. The smallest absolute Gasteiger partial charge is 0.358 e. The van der Waals surface area contributed by atoms with E-state index in [1.807, 2.05) is 36.2 Å². The van der Waals surface area contributed by atoms with E-state index >= 15 is 0 Å². The molecule has 20 heavy (non-hydrogen) atoms. The maximum atomic E-state index is 10.7. The summed E-state index contributed by atoms with van der Waals surface area (Å²) < 4.78 is 10.1. The molecule has 106 valence electrons. The SMILES string of the molecule is COc1ccc(CN(C)Cc2cc(C(=O)O)no2)cc1. The summed E-state index contributed by atoms with van der Waals surface area (Å²) in [5.74, 6) is 0.258. The molecule has 0 saturated heterocycles. The molecule has 0 saturated carbocycles. The van der Waals surface area contributed by atoms with Crippen molar-refractivity contribution in [3.8, 4) is 5.75 Å². The van der Waals surface area contributed by atoms with Gasteiger partial charge >= 0.3 is 5.97 Å². The van der Waals surface area contributed by atoms with Crippen LogP contribution in [0.3, 0.4) is 0 Å². The van der Waals surface area contributed by atoms with Gasteiger partial charge < -0.3 is 14.4 Å². The number of nitrogens with zero attached hydrogens (tertiary/aromatic N) is 2. The first-order valence-electron chi connectivity index (χ1n) is 6.09. The molecule has 6 nitrogen and oxygen atoms in total. The van der Waals surface area contributed by atoms with E-state index in [0.29, 0.717) is 18.8 Å². The van der Waals surface area contributed by atoms with Crippen molar-refractivity contribution in [3.63, 3.8) is 0 Å². The maximum Gasteiger partial charge on any atom is 0.358 e. The predicted molar refractivity (Wildman–Crippen MR) is 71.6 cm³/mol. The molecule has 0 unspecified atom stereocenters. The summed E-state index contributed by atoms with van der Waals surface area (Å²) in [6.07, 6.45) is 0. The highest BCUT2D eigenvalue weighted by Crippen LogP contribution is 2.14. The molecule has 2 rings (SSSR count). The second kappa shape index (κ2) is 6.21. The molecule has 0 aliphatic heterocycles. The summed E-state index contributed by atoms with van der Waals surface area (Å²) in [6, 6.07) is 9.21. The lowest BCUT2D eigenvalue weighted by Crippen LogP contribution is -2.16. The van der Waals surface area contributed by atoms with E-state index < -0.39 is 5.97 Å². The van der Waals surface area contributed by atoms with Gasteiger partial charge in [-0.15, -0.1) is 0 Å². The second-order valence-corrected chi connectivity index (χ2v) is 4.50. The van der Waals surface area contributed by atoms with Crippen molar-refractivity contribution in [2.45, 2.75) is 13.1 Å². The van der Waals surface area contributed by atoms with Crippen LogP contribution in [0.15, 0.2) is 34.9 Å². The van der Waals surface area contributed by atoms with Crippen LogP contribution in [0.1, 0.15) is 21.8 Å². The van der Waals surface area contributed by atoms with Crippen LogP contribution in [-0.2, 0) is 13.1 Å². The molecule has 0 radical (unpaired) electrons. The normalized spacial score (nSPS) is 10.8. The fraction of sp³-hybridized carbons (Fsp3) is 0.286. The van der Waals surface area contributed by atoms with E-state index in [0.717, 1.165) is 11.3 Å². The van der Waals surface area contributed by atoms with Gasteiger partial charge in [-0.3, -0.25) is 4.90 Å². The third kappa shape index (κ3) is 3.58. The number of hydrogen-bond acceptors (Lipinski definition) is 5. The molecule has 0 aliphatic rings. The molecular formula is C14H16N2O4. The summed E-state index contributed by atoms with van der Waals surface area (Å²) in [6.45, 7) is 1.21. The van der Waals surface area contributed by atoms with Crippen LogP contribution in [0.5, 0.6) is 5.75 Å². The molecule has 0 aliphatic carbocycles. The molecule has 1 heterocycles. The number of carbonyl (C=O) groups is 1. The average molecular weight is 276 g/mol. The van der Waals surface area contributed by atoms with Crippen LogP contribution in [0.25, 0.3) is 0 Å². The van der Waals surface area contributed by atoms with E-state index in [1.54, 1.807) is 7.11 Å². The lowest BCUT2D eigenvalue weighted by Gasteiger charge is -2.14. The summed E-state index contributed by atoms with van der Waals surface area (Å²) in [7, 11) is 3.55. The standard InChI is InChI=1S/C14H16N2O4/c1-16(8-10-3-5-11(19-2)6-4-10)9-12-7-13(14(17)18)15-20-12/h3-7H,8-9H2,1-2H3,(H,17,18). The van der Waals surface area contributed by atoms with Crippen molar-refractivity contribution in [3.05, 3.63) is 47.3 Å². The molecular weight excluding hydrogens is 260 g/mol. The molecule has 2 aromatic rings. The minimum absolute atomic E-state index is 0.0714. The quantitative estimate of drug-likeness (QED) is 0.869. The third-order valence-electron chi connectivity index (χ3n) is 2.82. The number of methoxy groups -OCH3 is 1. The third-order valence-corrected chi connectivity index (χ3v) is 2.82. The Balaban J connectivity index is 1.93. The molecule has 0 atom stereocenters. The Morgan fingerprint density at radius 1 is 1.35 bits per heavy atom. The van der Waals surface area contributed by atoms with Gasteiger partial charge in [-0.2, -0.15) is 0 Å². The Kier molecular flexibility index (Phi) is 4.37. The zero-order valence-corrected chi connectivity index (χ0v) is 11.4. The van der Waals surface area contributed by atoms with Gasteiger partial charge in [0.05, 0.1) is 13.7 Å². The van der Waals surface area contributed by atoms with E-state index in [2.05, 4.69) is 5.16 Å². The number of benzene rings is 1. The molecule has 0 bridgehead atoms. The maximum absolute atomic E-state index is 10.7. The van der Waals surface area contributed by atoms with Crippen molar-refractivity contribution >= 4 is 5.97 Å². The molecule has 0 spiro atoms. The van der Waals surface area contributed by atoms with Crippen LogP contribution in [-0.4, -0.2) is 35.3 Å². The number of hydrogen-bond donors (Lipinski definition) is 1. The summed E-state index contributed by atoms with van der Waals surface area (Å²) in [5.41, 5.74) is 1.06. The van der Waals surface area contributed by atoms with E-state index in [9.17, 15) is 4.79 Å². The van der Waals surface area contributed by atoms with Crippen LogP contribution < -0.4 is 4.74 Å². The van der Waals surface area contributed by atoms with Gasteiger partial charge in [0.15, 0.2) is 11.5 Å². The van der Waals surface area contributed by atoms with Crippen LogP contribution in [0.2, 0.25) is 0 Å². The number of carboxylic acid groups (broad SMARTS) is 1. The first-order valence-corrected chi connectivity index (χ1v) is 6.09. The highest BCUT2D eigenvalue weighted by atomic mass is 16.5. The van der Waals surface area contributed by atoms with Gasteiger partial charge in [-0.05, 0) is 24.7 Å². The van der Waals surface area contributed by atoms with Gasteiger partial charge in [-0.25, -0.2) is 4.79 Å². The molecule has 1 N–H and O–H groups in total. The van der Waals surface area contributed by atoms with Gasteiger partial charge in [0, 0.05) is 12.6 Å². The minimum atomic E-state index is -1.09. The van der Waals surface area contributed by atoms with Gasteiger partial charge in [-0.1, -0.05) is 17.3 Å². The van der Waals surface area contributed by atoms with Crippen molar-refractivity contribution in [2.75, 3.05) is 14.2 Å². The topological polar surface area (TPSA) is 75.8 Å². The van der Waals surface area contributed by atoms with Crippen molar-refractivity contribution in [1.29, 1.82) is 0 Å². The Hall–Kier alpha value is -2.34. The van der Waals surface area contributed by atoms with Crippen LogP contribution in [0, 0.1) is 0 Å². The number of rotatable bonds is 6. The highest BCUT2D eigenvalue weighted by molar-refractivity contribution is 5.85. The molecule has 0 amide bonds. The number of aromatic nitrogens is 1. The molecule has 0 fully saturated rings. The first kappa shape index (κ1) is 14.1. The highest BCUT2D eigenvalue weighted by Gasteiger charge is 2.12. The second-order valence-electron chi connectivity index (χ2n) is 4.50. The van der Waals surface area contributed by atoms with Gasteiger partial charge in [0.1, 0.15) is 5.75 Å². The fourth-order valence-electron chi connectivity index (χ4n) is 1.85. The minimum Gasteiger partial charge on any atom is -0.497 e. The van der Waals surface area contributed by atoms with Gasteiger partial charge in [0.2, 0.25) is 0 Å². The zero-order valence-electron chi connectivity index (χ0n) is 11.4. The Bertz CT molecular complexity index is 577.